The summed E-state index contributed by atoms with van der Waals surface area (Å²) < 4.78 is 7.97. The first-order valence-corrected chi connectivity index (χ1v) is 10.6. The molecule has 0 bridgehead atoms. The van der Waals surface area contributed by atoms with Crippen LogP contribution in [0.4, 0.5) is 0 Å². The number of halogens is 3. The van der Waals surface area contributed by atoms with Gasteiger partial charge in [0.05, 0.1) is 5.02 Å². The fraction of sp³-hybridized carbons (Fsp3) is 0.200. The van der Waals surface area contributed by atoms with E-state index < -0.39 is 0 Å². The van der Waals surface area contributed by atoms with Gasteiger partial charge in [-0.15, -0.1) is 16.8 Å². The van der Waals surface area contributed by atoms with Crippen molar-refractivity contribution in [3.8, 4) is 5.75 Å². The van der Waals surface area contributed by atoms with Gasteiger partial charge in [0, 0.05) is 28.4 Å². The molecule has 0 aliphatic rings. The fourth-order valence-electron chi connectivity index (χ4n) is 2.59. The van der Waals surface area contributed by atoms with Crippen LogP contribution >= 0.6 is 46.6 Å². The SMILES string of the molecule is C=CCn1c(SCc2cccc(Cl)c2)nnc1C(C)Oc1cc(Cl)ccc1Cl. The number of hydrogen-bond donors (Lipinski definition) is 0. The Labute approximate surface area is 183 Å². The summed E-state index contributed by atoms with van der Waals surface area (Å²) in [7, 11) is 0. The van der Waals surface area contributed by atoms with Crippen LogP contribution in [0.1, 0.15) is 24.4 Å². The summed E-state index contributed by atoms with van der Waals surface area (Å²) in [6, 6.07) is 12.9. The molecule has 4 nitrogen and oxygen atoms in total. The zero-order valence-electron chi connectivity index (χ0n) is 15.1. The molecule has 1 aromatic heterocycles. The van der Waals surface area contributed by atoms with Gasteiger partial charge in [0.25, 0.3) is 0 Å². The number of allylic oxidation sites excluding steroid dienone is 1. The highest BCUT2D eigenvalue weighted by atomic mass is 35.5. The highest BCUT2D eigenvalue weighted by molar-refractivity contribution is 7.98. The average molecular weight is 455 g/mol. The molecule has 3 aromatic rings. The molecule has 0 saturated heterocycles. The lowest BCUT2D eigenvalue weighted by molar-refractivity contribution is 0.210. The standard InChI is InChI=1S/C20H18Cl3N3OS/c1-3-9-26-19(13(2)27-18-11-16(22)7-8-17(18)23)24-25-20(26)28-12-14-5-4-6-15(21)10-14/h3-8,10-11,13H,1,9,12H2,2H3. The Kier molecular flexibility index (Phi) is 7.30. The van der Waals surface area contributed by atoms with Crippen LogP contribution in [-0.2, 0) is 12.3 Å². The first kappa shape index (κ1) is 21.1. The van der Waals surface area contributed by atoms with Crippen molar-refractivity contribution in [3.63, 3.8) is 0 Å². The highest BCUT2D eigenvalue weighted by Crippen LogP contribution is 2.32. The van der Waals surface area contributed by atoms with Gasteiger partial charge in [-0.1, -0.05) is 64.8 Å². The van der Waals surface area contributed by atoms with Crippen molar-refractivity contribution in [2.24, 2.45) is 0 Å². The smallest absolute Gasteiger partial charge is 0.191 e. The predicted molar refractivity (Wildman–Crippen MR) is 117 cm³/mol. The quantitative estimate of drug-likeness (QED) is 0.275. The van der Waals surface area contributed by atoms with Crippen LogP contribution in [0.25, 0.3) is 0 Å². The van der Waals surface area contributed by atoms with E-state index in [4.69, 9.17) is 39.5 Å². The number of ether oxygens (including phenoxy) is 1. The molecule has 2 aromatic carbocycles. The number of aromatic nitrogens is 3. The second-order valence-electron chi connectivity index (χ2n) is 5.99. The summed E-state index contributed by atoms with van der Waals surface area (Å²) in [5.74, 6) is 1.91. The minimum atomic E-state index is -0.371. The van der Waals surface area contributed by atoms with E-state index in [0.717, 1.165) is 16.5 Å². The third-order valence-corrected chi connectivity index (χ3v) is 5.70. The van der Waals surface area contributed by atoms with Gasteiger partial charge < -0.3 is 4.74 Å². The second-order valence-corrected chi connectivity index (χ2v) is 8.22. The number of hydrogen-bond acceptors (Lipinski definition) is 4. The first-order valence-electron chi connectivity index (χ1n) is 8.51. The van der Waals surface area contributed by atoms with Gasteiger partial charge in [-0.2, -0.15) is 0 Å². The van der Waals surface area contributed by atoms with Crippen molar-refractivity contribution in [3.05, 3.63) is 81.6 Å². The normalized spacial score (nSPS) is 12.0. The largest absolute Gasteiger partial charge is 0.481 e. The van der Waals surface area contributed by atoms with Crippen molar-refractivity contribution >= 4 is 46.6 Å². The van der Waals surface area contributed by atoms with Crippen molar-refractivity contribution < 1.29 is 4.74 Å². The molecule has 0 spiro atoms. The van der Waals surface area contributed by atoms with E-state index in [1.165, 1.54) is 0 Å². The van der Waals surface area contributed by atoms with E-state index in [1.807, 2.05) is 35.8 Å². The van der Waals surface area contributed by atoms with Crippen LogP contribution in [0.2, 0.25) is 15.1 Å². The molecule has 28 heavy (non-hydrogen) atoms. The molecule has 3 rings (SSSR count). The van der Waals surface area contributed by atoms with Gasteiger partial charge in [0.1, 0.15) is 5.75 Å². The van der Waals surface area contributed by atoms with Gasteiger partial charge in [-0.25, -0.2) is 0 Å². The molecule has 0 fully saturated rings. The van der Waals surface area contributed by atoms with Crippen LogP contribution in [0.5, 0.6) is 5.75 Å². The molecule has 0 saturated carbocycles. The first-order chi connectivity index (χ1) is 13.5. The molecule has 0 aliphatic heterocycles. The van der Waals surface area contributed by atoms with Crippen molar-refractivity contribution in [1.29, 1.82) is 0 Å². The van der Waals surface area contributed by atoms with Crippen LogP contribution in [0, 0.1) is 0 Å². The maximum Gasteiger partial charge on any atom is 0.191 e. The molecule has 1 heterocycles. The number of nitrogens with zero attached hydrogens (tertiary/aromatic N) is 3. The van der Waals surface area contributed by atoms with E-state index in [9.17, 15) is 0 Å². The van der Waals surface area contributed by atoms with Crippen LogP contribution in [-0.4, -0.2) is 14.8 Å². The summed E-state index contributed by atoms with van der Waals surface area (Å²) in [4.78, 5) is 0. The molecular formula is C20H18Cl3N3OS. The van der Waals surface area contributed by atoms with Gasteiger partial charge in [-0.3, -0.25) is 4.57 Å². The minimum Gasteiger partial charge on any atom is -0.481 e. The summed E-state index contributed by atoms with van der Waals surface area (Å²) in [6.45, 7) is 6.30. The van der Waals surface area contributed by atoms with Crippen LogP contribution in [0.15, 0.2) is 60.3 Å². The van der Waals surface area contributed by atoms with E-state index in [-0.39, 0.29) is 6.10 Å². The van der Waals surface area contributed by atoms with Crippen LogP contribution < -0.4 is 4.74 Å². The maximum atomic E-state index is 6.21. The van der Waals surface area contributed by atoms with E-state index in [1.54, 1.807) is 36.0 Å². The third kappa shape index (κ3) is 5.23. The summed E-state index contributed by atoms with van der Waals surface area (Å²) >= 11 is 19.9. The van der Waals surface area contributed by atoms with Crippen molar-refractivity contribution in [2.45, 2.75) is 30.5 Å². The zero-order valence-corrected chi connectivity index (χ0v) is 18.2. The summed E-state index contributed by atoms with van der Waals surface area (Å²) in [6.07, 6.45) is 1.43. The fourth-order valence-corrected chi connectivity index (χ4v) is 4.03. The molecule has 0 aliphatic carbocycles. The van der Waals surface area contributed by atoms with E-state index in [2.05, 4.69) is 16.8 Å². The highest BCUT2D eigenvalue weighted by Gasteiger charge is 2.20. The molecule has 0 radical (unpaired) electrons. The molecule has 1 unspecified atom stereocenters. The van der Waals surface area contributed by atoms with Crippen molar-refractivity contribution in [1.82, 2.24) is 14.8 Å². The molecule has 146 valence electrons. The molecule has 1 atom stereocenters. The Hall–Kier alpha value is -1.66. The van der Waals surface area contributed by atoms with Crippen LogP contribution in [0.3, 0.4) is 0 Å². The lowest BCUT2D eigenvalue weighted by Crippen LogP contribution is -2.12. The predicted octanol–water partition coefficient (Wildman–Crippen LogP) is 6.86. The number of rotatable bonds is 8. The minimum absolute atomic E-state index is 0.371. The summed E-state index contributed by atoms with van der Waals surface area (Å²) in [5, 5.41) is 11.2. The monoisotopic (exact) mass is 453 g/mol. The lowest BCUT2D eigenvalue weighted by atomic mass is 10.2. The number of benzene rings is 2. The van der Waals surface area contributed by atoms with Gasteiger partial charge >= 0.3 is 0 Å². The third-order valence-electron chi connectivity index (χ3n) is 3.87. The zero-order chi connectivity index (χ0) is 20.1. The Morgan fingerprint density at radius 2 is 1.93 bits per heavy atom. The van der Waals surface area contributed by atoms with Gasteiger partial charge in [0.2, 0.25) is 0 Å². The second kappa shape index (κ2) is 9.70. The van der Waals surface area contributed by atoms with Crippen molar-refractivity contribution in [2.75, 3.05) is 0 Å². The Balaban J connectivity index is 1.79. The Morgan fingerprint density at radius 3 is 2.68 bits per heavy atom. The maximum absolute atomic E-state index is 6.21. The number of thioether (sulfide) groups is 1. The van der Waals surface area contributed by atoms with E-state index in [0.29, 0.717) is 33.2 Å². The topological polar surface area (TPSA) is 39.9 Å². The summed E-state index contributed by atoms with van der Waals surface area (Å²) in [5.41, 5.74) is 1.11. The Morgan fingerprint density at radius 1 is 1.14 bits per heavy atom. The average Bonchev–Trinajstić information content (AvgIpc) is 3.06. The lowest BCUT2D eigenvalue weighted by Gasteiger charge is -2.16. The van der Waals surface area contributed by atoms with Gasteiger partial charge in [0.15, 0.2) is 17.1 Å². The Bertz CT molecular complexity index is 977. The molecular weight excluding hydrogens is 437 g/mol. The molecule has 0 N–H and O–H groups in total. The van der Waals surface area contributed by atoms with Gasteiger partial charge in [-0.05, 0) is 36.8 Å². The van der Waals surface area contributed by atoms with E-state index >= 15 is 0 Å². The molecule has 0 amide bonds. The molecule has 8 heteroatoms.